The molecule has 10 aromatic carbocycles. The fraction of sp³-hybridized carbons (Fsp3) is 0.0175. The van der Waals surface area contributed by atoms with Crippen molar-refractivity contribution >= 4 is 80.2 Å². The molecule has 0 aliphatic carbocycles. The second-order valence-corrected chi connectivity index (χ2v) is 20.0. The summed E-state index contributed by atoms with van der Waals surface area (Å²) in [4.78, 5) is 0. The van der Waals surface area contributed by atoms with Crippen LogP contribution in [0.1, 0.15) is 11.1 Å². The van der Waals surface area contributed by atoms with Crippen LogP contribution in [-0.4, -0.2) is 5.90 Å². The molecule has 0 saturated heterocycles. The first-order chi connectivity index (χ1) is 29.1. The van der Waals surface area contributed by atoms with Gasteiger partial charge in [-0.2, -0.15) is 0 Å². The molecule has 0 aromatic heterocycles. The number of fused-ring (bicyclic) bond motifs is 4. The van der Waals surface area contributed by atoms with Gasteiger partial charge in [-0.3, -0.25) is 11.8 Å². The van der Waals surface area contributed by atoms with Gasteiger partial charge in [0.1, 0.15) is 37.1 Å². The van der Waals surface area contributed by atoms with Gasteiger partial charge in [0, 0.05) is 0 Å². The van der Waals surface area contributed by atoms with Crippen molar-refractivity contribution < 1.29 is 44.8 Å². The van der Waals surface area contributed by atoms with E-state index in [1.807, 2.05) is 60.7 Å². The van der Waals surface area contributed by atoms with Crippen LogP contribution in [0.15, 0.2) is 231 Å². The monoisotopic (exact) mass is 1090 g/mol. The minimum absolute atomic E-state index is 0. The summed E-state index contributed by atoms with van der Waals surface area (Å²) in [7, 11) is -1.69. The predicted octanol–water partition coefficient (Wildman–Crippen LogP) is 12.5. The third kappa shape index (κ3) is 11.5. The molecule has 0 spiro atoms. The van der Waals surface area contributed by atoms with Crippen molar-refractivity contribution in [3.05, 3.63) is 254 Å². The molecule has 0 saturated carbocycles. The number of hydrogen-bond acceptors (Lipinski definition) is 0. The van der Waals surface area contributed by atoms with Crippen molar-refractivity contribution in [3.8, 4) is 11.8 Å². The third-order valence-corrected chi connectivity index (χ3v) is 17.5. The summed E-state index contributed by atoms with van der Waals surface area (Å²) in [6, 6.07) is 81.7. The van der Waals surface area contributed by atoms with Gasteiger partial charge in [0.15, 0.2) is 5.90 Å². The Morgan fingerprint density at radius 2 is 0.541 bits per heavy atom. The Bertz CT molecular complexity index is 2760. The van der Waals surface area contributed by atoms with E-state index in [1.165, 1.54) is 59.4 Å². The first-order valence-electron chi connectivity index (χ1n) is 19.8. The minimum Gasteiger partial charge on any atom is -0.366 e. The number of rotatable bonds is 6. The molecular formula is C57H42AgAuP2+2. The van der Waals surface area contributed by atoms with Gasteiger partial charge in [-0.1, -0.05) is 133 Å². The zero-order chi connectivity index (χ0) is 40.2. The fourth-order valence-corrected chi connectivity index (χ4v) is 15.2. The van der Waals surface area contributed by atoms with Crippen LogP contribution >= 0.6 is 15.8 Å². The van der Waals surface area contributed by atoms with Gasteiger partial charge in [-0.15, -0.1) is 35.4 Å². The Balaban J connectivity index is 0.000000159. The van der Waals surface area contributed by atoms with Gasteiger partial charge in [0.2, 0.25) is 0 Å². The minimum atomic E-state index is -0.847. The van der Waals surface area contributed by atoms with Gasteiger partial charge < -0.3 is 12.8 Å². The molecule has 0 unspecified atom stereocenters. The van der Waals surface area contributed by atoms with E-state index < -0.39 is 15.8 Å². The SMILES string of the molecule is [Ag+].[Au+].[C-]#Cc1ccc2cc3ccccc3cc2c1.[C-]#Cc1ccc2cc3ccccc3cc2c1.c1ccc([PH+](C[PH+](c2ccccc2)c2ccccc2)c2ccccc2)cc1. The van der Waals surface area contributed by atoms with Crippen molar-refractivity contribution in [1.82, 2.24) is 0 Å². The molecule has 0 amide bonds. The summed E-state index contributed by atoms with van der Waals surface area (Å²) in [6.45, 7) is 0. The molecule has 0 radical (unpaired) electrons. The molecular weight excluding hydrogens is 1050 g/mol. The number of hydrogen-bond donors (Lipinski definition) is 0. The van der Waals surface area contributed by atoms with Crippen LogP contribution in [0.25, 0.3) is 43.1 Å². The molecule has 300 valence electrons. The van der Waals surface area contributed by atoms with Crippen LogP contribution in [0.4, 0.5) is 0 Å². The Morgan fingerprint density at radius 3 is 0.820 bits per heavy atom. The van der Waals surface area contributed by atoms with Crippen LogP contribution in [0.2, 0.25) is 0 Å². The van der Waals surface area contributed by atoms with E-state index in [-0.39, 0.29) is 44.8 Å². The maximum Gasteiger partial charge on any atom is 1.00 e. The van der Waals surface area contributed by atoms with Crippen LogP contribution in [0.5, 0.6) is 0 Å². The summed E-state index contributed by atoms with van der Waals surface area (Å²) in [5.74, 6) is 6.08. The molecule has 0 fully saturated rings. The second kappa shape index (κ2) is 22.5. The summed E-state index contributed by atoms with van der Waals surface area (Å²) < 4.78 is 0. The van der Waals surface area contributed by atoms with Gasteiger partial charge in [0.05, 0.1) is 0 Å². The number of benzene rings is 10. The molecule has 10 aromatic rings. The van der Waals surface area contributed by atoms with E-state index in [0.717, 1.165) is 21.9 Å². The van der Waals surface area contributed by atoms with Crippen LogP contribution in [-0.2, 0) is 44.8 Å². The zero-order valence-electron chi connectivity index (χ0n) is 33.2. The van der Waals surface area contributed by atoms with E-state index in [0.29, 0.717) is 0 Å². The van der Waals surface area contributed by atoms with Gasteiger partial charge in [-0.25, -0.2) is 0 Å². The first kappa shape index (κ1) is 45.2. The molecule has 0 bridgehead atoms. The molecule has 0 atom stereocenters. The molecule has 0 heterocycles. The van der Waals surface area contributed by atoms with Crippen LogP contribution in [0.3, 0.4) is 0 Å². The molecule has 0 aliphatic rings. The van der Waals surface area contributed by atoms with Crippen molar-refractivity contribution in [2.24, 2.45) is 0 Å². The van der Waals surface area contributed by atoms with Gasteiger partial charge >= 0.3 is 44.8 Å². The average molecular weight is 1090 g/mol. The van der Waals surface area contributed by atoms with Crippen molar-refractivity contribution in [2.45, 2.75) is 0 Å². The summed E-state index contributed by atoms with van der Waals surface area (Å²) in [5.41, 5.74) is 1.64. The summed E-state index contributed by atoms with van der Waals surface area (Å²) in [5, 5.41) is 15.7. The first-order valence-corrected chi connectivity index (χ1v) is 23.2. The van der Waals surface area contributed by atoms with Crippen LogP contribution in [0, 0.1) is 24.7 Å². The molecule has 61 heavy (non-hydrogen) atoms. The Kier molecular flexibility index (Phi) is 16.7. The Hall–Kier alpha value is -5.30. The third-order valence-electron chi connectivity index (χ3n) is 10.5. The maximum absolute atomic E-state index is 7.13. The van der Waals surface area contributed by atoms with Gasteiger partial charge in [0.25, 0.3) is 0 Å². The molecule has 0 nitrogen and oxygen atoms in total. The van der Waals surface area contributed by atoms with Crippen LogP contribution < -0.4 is 21.2 Å². The van der Waals surface area contributed by atoms with Crippen molar-refractivity contribution in [2.75, 3.05) is 5.90 Å². The fourth-order valence-electron chi connectivity index (χ4n) is 7.51. The molecule has 0 N–H and O–H groups in total. The standard InChI is InChI=1S/C25H22P2.2C16H9.Ag.Au/c1-5-13-22(14-6-1)26(23-15-7-2-8-16-23)21-27(24-17-9-3-10-18-24)25-19-11-4-12-20-25;2*1-2-12-7-8-15-10-13-5-3-4-6-14(13)11-16(15)9-12;;/h1-20H,21H2;2*3-11H;;/q;2*-1;2*+1/p+2. The average Bonchev–Trinajstić information content (AvgIpc) is 3.31. The predicted molar refractivity (Wildman–Crippen MR) is 261 cm³/mol. The maximum atomic E-state index is 7.13. The molecule has 4 heteroatoms. The van der Waals surface area contributed by atoms with E-state index in [1.54, 1.807) is 0 Å². The quantitative estimate of drug-likeness (QED) is 0.0512. The molecule has 0 aliphatic heterocycles. The Morgan fingerprint density at radius 1 is 0.295 bits per heavy atom. The topological polar surface area (TPSA) is 0 Å². The van der Waals surface area contributed by atoms with Crippen molar-refractivity contribution in [1.29, 1.82) is 0 Å². The van der Waals surface area contributed by atoms with E-state index >= 15 is 0 Å². The largest absolute Gasteiger partial charge is 1.00 e. The molecule has 10 rings (SSSR count). The van der Waals surface area contributed by atoms with Gasteiger partial charge in [-0.05, 0) is 116 Å². The van der Waals surface area contributed by atoms with E-state index in [9.17, 15) is 0 Å². The Labute approximate surface area is 394 Å². The summed E-state index contributed by atoms with van der Waals surface area (Å²) >= 11 is 0. The second-order valence-electron chi connectivity index (χ2n) is 14.4. The van der Waals surface area contributed by atoms with E-state index in [2.05, 4.69) is 182 Å². The zero-order valence-corrected chi connectivity index (χ0v) is 38.9. The normalized spacial score (nSPS) is 10.4. The smallest absolute Gasteiger partial charge is 0.366 e. The van der Waals surface area contributed by atoms with Crippen molar-refractivity contribution in [3.63, 3.8) is 0 Å². The van der Waals surface area contributed by atoms with E-state index in [4.69, 9.17) is 12.8 Å². The summed E-state index contributed by atoms with van der Waals surface area (Å²) in [6.07, 6.45) is 14.3.